The van der Waals surface area contributed by atoms with Crippen LogP contribution in [0.15, 0.2) is 36.0 Å². The Balaban J connectivity index is 1.37. The maximum Gasteiger partial charge on any atom is 0.338 e. The molecule has 2 spiro atoms. The molecule has 4 fully saturated rings. The maximum atomic E-state index is 13.1. The molecule has 194 valence electrons. The van der Waals surface area contributed by atoms with Crippen molar-refractivity contribution in [3.63, 3.8) is 0 Å². The predicted molar refractivity (Wildman–Crippen MR) is 123 cm³/mol. The van der Waals surface area contributed by atoms with Crippen LogP contribution in [0.5, 0.6) is 0 Å². The number of epoxide rings is 2. The molecule has 4 aliphatic heterocycles. The largest absolute Gasteiger partial charge is 0.463 e. The molecular formula is C27H32O9. The van der Waals surface area contributed by atoms with Crippen LogP contribution in [0.2, 0.25) is 0 Å². The van der Waals surface area contributed by atoms with Crippen LogP contribution in [0.25, 0.3) is 0 Å². The van der Waals surface area contributed by atoms with E-state index in [2.05, 4.69) is 19.9 Å². The molecule has 3 saturated heterocycles. The number of fused-ring (bicyclic) bond motifs is 1. The number of carbonyl (C=O) groups is 3. The van der Waals surface area contributed by atoms with Gasteiger partial charge in [0.2, 0.25) is 0 Å². The second kappa shape index (κ2) is 8.00. The lowest BCUT2D eigenvalue weighted by molar-refractivity contribution is -0.233. The van der Waals surface area contributed by atoms with Crippen molar-refractivity contribution < 1.29 is 42.8 Å². The standard InChI is InChI=1S/C27H32O9/c1-16-8-9-26-14-32-23(30)22-24(2,36-22)10-11-31-20(28)6-4-5-7-21(29)35-17-13-19(34-18(26)12-16)27(15-33-27)25(17,26)3/h4-7,12,17-19,22H,8-11,13-15H2,1-3H3/b6-4+,7-5-/t17?,18-,19-,22-,24+,25-,26-,27+/m1/s1. The van der Waals surface area contributed by atoms with E-state index in [-0.39, 0.29) is 25.4 Å². The van der Waals surface area contributed by atoms with Crippen molar-refractivity contribution in [2.24, 2.45) is 10.8 Å². The van der Waals surface area contributed by atoms with Gasteiger partial charge in [0.1, 0.15) is 23.9 Å². The molecule has 2 aliphatic carbocycles. The van der Waals surface area contributed by atoms with Crippen molar-refractivity contribution in [2.45, 2.75) is 82.1 Å². The maximum absolute atomic E-state index is 13.1. The quantitative estimate of drug-likeness (QED) is 0.214. The highest BCUT2D eigenvalue weighted by molar-refractivity contribution is 5.84. The fourth-order valence-corrected chi connectivity index (χ4v) is 6.98. The van der Waals surface area contributed by atoms with Crippen LogP contribution in [0, 0.1) is 10.8 Å². The van der Waals surface area contributed by atoms with Crippen LogP contribution in [-0.2, 0) is 42.8 Å². The molecule has 0 radical (unpaired) electrons. The molecule has 9 heteroatoms. The Kier molecular flexibility index (Phi) is 5.31. The summed E-state index contributed by atoms with van der Waals surface area (Å²) < 4.78 is 35.6. The summed E-state index contributed by atoms with van der Waals surface area (Å²) in [6.45, 7) is 6.71. The third-order valence-corrected chi connectivity index (χ3v) is 9.47. The number of hydrogen-bond acceptors (Lipinski definition) is 9. The molecule has 8 atom stereocenters. The van der Waals surface area contributed by atoms with Gasteiger partial charge in [-0.1, -0.05) is 30.7 Å². The predicted octanol–water partition coefficient (Wildman–Crippen LogP) is 2.33. The minimum Gasteiger partial charge on any atom is -0.463 e. The lowest BCUT2D eigenvalue weighted by Crippen LogP contribution is -2.66. The Morgan fingerprint density at radius 2 is 1.69 bits per heavy atom. The summed E-state index contributed by atoms with van der Waals surface area (Å²) in [5.41, 5.74) is -1.36. The average Bonchev–Trinajstić information content (AvgIpc) is 3.74. The number of hydrogen-bond donors (Lipinski definition) is 0. The lowest BCUT2D eigenvalue weighted by atomic mass is 9.51. The third-order valence-electron chi connectivity index (χ3n) is 9.47. The van der Waals surface area contributed by atoms with Crippen molar-refractivity contribution in [3.05, 3.63) is 36.0 Å². The first-order valence-corrected chi connectivity index (χ1v) is 12.7. The van der Waals surface area contributed by atoms with E-state index < -0.39 is 52.1 Å². The fourth-order valence-electron chi connectivity index (χ4n) is 6.98. The summed E-state index contributed by atoms with van der Waals surface area (Å²) in [5, 5.41) is 0. The molecule has 0 aromatic rings. The third kappa shape index (κ3) is 3.35. The van der Waals surface area contributed by atoms with Gasteiger partial charge in [-0.15, -0.1) is 0 Å². The van der Waals surface area contributed by atoms with Gasteiger partial charge in [0.15, 0.2) is 6.10 Å². The smallest absolute Gasteiger partial charge is 0.338 e. The molecule has 9 nitrogen and oxygen atoms in total. The zero-order valence-corrected chi connectivity index (χ0v) is 20.8. The molecule has 4 heterocycles. The first-order chi connectivity index (χ1) is 17.1. The summed E-state index contributed by atoms with van der Waals surface area (Å²) in [7, 11) is 0. The van der Waals surface area contributed by atoms with E-state index >= 15 is 0 Å². The van der Waals surface area contributed by atoms with Crippen LogP contribution >= 0.6 is 0 Å². The second-order valence-corrected chi connectivity index (χ2v) is 11.3. The summed E-state index contributed by atoms with van der Waals surface area (Å²) >= 11 is 0. The number of ether oxygens (including phenoxy) is 6. The fraction of sp³-hybridized carbons (Fsp3) is 0.667. The Bertz CT molecular complexity index is 1090. The van der Waals surface area contributed by atoms with Crippen molar-refractivity contribution in [1.82, 2.24) is 0 Å². The number of rotatable bonds is 0. The molecule has 0 aromatic carbocycles. The zero-order valence-electron chi connectivity index (χ0n) is 20.8. The molecular weight excluding hydrogens is 468 g/mol. The average molecular weight is 501 g/mol. The topological polar surface area (TPSA) is 113 Å². The minimum absolute atomic E-state index is 0.0974. The number of allylic oxidation sites excluding steroid dienone is 3. The SMILES string of the molecule is CC1=C[C@H]2O[C@@H]3CC4OC(=O)/C=C\C=C\C(=O)OCC[C@]5(C)O[C@@H]5C(=O)OC[C@@]2(CC1)[C@]4(C)[C@]31CO1. The van der Waals surface area contributed by atoms with Crippen molar-refractivity contribution in [3.8, 4) is 0 Å². The normalized spacial score (nSPS) is 49.8. The second-order valence-electron chi connectivity index (χ2n) is 11.3. The molecule has 1 saturated carbocycles. The van der Waals surface area contributed by atoms with Crippen LogP contribution < -0.4 is 0 Å². The summed E-state index contributed by atoms with van der Waals surface area (Å²) in [5.74, 6) is -1.51. The van der Waals surface area contributed by atoms with Gasteiger partial charge in [0.25, 0.3) is 0 Å². The number of carbonyl (C=O) groups excluding carboxylic acids is 3. The molecule has 0 aromatic heterocycles. The molecule has 36 heavy (non-hydrogen) atoms. The van der Waals surface area contributed by atoms with E-state index in [0.29, 0.717) is 25.9 Å². The van der Waals surface area contributed by atoms with Gasteiger partial charge in [0.05, 0.1) is 30.8 Å². The van der Waals surface area contributed by atoms with Gasteiger partial charge in [-0.2, -0.15) is 0 Å². The number of esters is 3. The summed E-state index contributed by atoms with van der Waals surface area (Å²) in [4.78, 5) is 37.8. The van der Waals surface area contributed by atoms with Gasteiger partial charge < -0.3 is 28.4 Å². The van der Waals surface area contributed by atoms with E-state index in [1.807, 2.05) is 6.92 Å². The van der Waals surface area contributed by atoms with Crippen molar-refractivity contribution >= 4 is 17.9 Å². The molecule has 0 amide bonds. The van der Waals surface area contributed by atoms with Gasteiger partial charge in [-0.05, 0) is 26.7 Å². The lowest BCUT2D eigenvalue weighted by Gasteiger charge is -2.58. The van der Waals surface area contributed by atoms with E-state index in [4.69, 9.17) is 28.4 Å². The monoisotopic (exact) mass is 500 g/mol. The van der Waals surface area contributed by atoms with Crippen molar-refractivity contribution in [2.75, 3.05) is 19.8 Å². The van der Waals surface area contributed by atoms with Gasteiger partial charge >= 0.3 is 17.9 Å². The van der Waals surface area contributed by atoms with Gasteiger partial charge in [-0.3, -0.25) is 0 Å². The van der Waals surface area contributed by atoms with E-state index in [0.717, 1.165) is 6.42 Å². The molecule has 0 N–H and O–H groups in total. The Labute approximate surface area is 209 Å². The van der Waals surface area contributed by atoms with Gasteiger partial charge in [-0.25, -0.2) is 14.4 Å². The number of cyclic esters (lactones) is 2. The molecule has 6 rings (SSSR count). The Morgan fingerprint density at radius 3 is 2.44 bits per heavy atom. The van der Waals surface area contributed by atoms with E-state index in [1.54, 1.807) is 0 Å². The molecule has 6 aliphatic rings. The summed E-state index contributed by atoms with van der Waals surface area (Å²) in [6.07, 6.45) is 8.23. The van der Waals surface area contributed by atoms with Crippen LogP contribution in [0.1, 0.15) is 46.5 Å². The van der Waals surface area contributed by atoms with Crippen LogP contribution in [0.3, 0.4) is 0 Å². The first-order valence-electron chi connectivity index (χ1n) is 12.7. The zero-order chi connectivity index (χ0) is 25.3. The summed E-state index contributed by atoms with van der Waals surface area (Å²) in [6, 6.07) is 0. The Hall–Kier alpha value is -2.49. The van der Waals surface area contributed by atoms with Crippen LogP contribution in [0.4, 0.5) is 0 Å². The van der Waals surface area contributed by atoms with E-state index in [9.17, 15) is 14.4 Å². The highest BCUT2D eigenvalue weighted by Gasteiger charge is 2.83. The first kappa shape index (κ1) is 23.9. The molecule has 1 unspecified atom stereocenters. The van der Waals surface area contributed by atoms with Crippen LogP contribution in [-0.4, -0.2) is 73.3 Å². The van der Waals surface area contributed by atoms with Gasteiger partial charge in [0, 0.05) is 30.4 Å². The minimum atomic E-state index is -0.739. The van der Waals surface area contributed by atoms with E-state index in [1.165, 1.54) is 29.9 Å². The highest BCUT2D eigenvalue weighted by Crippen LogP contribution is 2.72. The molecule has 2 bridgehead atoms. The Morgan fingerprint density at radius 1 is 0.944 bits per heavy atom. The van der Waals surface area contributed by atoms with Crippen molar-refractivity contribution in [1.29, 1.82) is 0 Å². The highest BCUT2D eigenvalue weighted by atomic mass is 16.7.